The highest BCUT2D eigenvalue weighted by molar-refractivity contribution is 8.00. The Balaban J connectivity index is 2.06. The van der Waals surface area contributed by atoms with Gasteiger partial charge in [-0.15, -0.1) is 10.2 Å². The molecule has 0 N–H and O–H groups in total. The summed E-state index contributed by atoms with van der Waals surface area (Å²) in [7, 11) is 0. The molecule has 1 heterocycles. The minimum Gasteiger partial charge on any atom is -0.297 e. The molecule has 0 aliphatic carbocycles. The molecule has 0 saturated carbocycles. The van der Waals surface area contributed by atoms with E-state index in [1.54, 1.807) is 25.1 Å². The molecule has 1 aromatic heterocycles. The molecule has 1 atom stereocenters. The van der Waals surface area contributed by atoms with E-state index in [4.69, 9.17) is 5.26 Å². The predicted octanol–water partition coefficient (Wildman–Crippen LogP) is 4.14. The summed E-state index contributed by atoms with van der Waals surface area (Å²) in [6, 6.07) is 18.5. The first-order valence-electron chi connectivity index (χ1n) is 7.47. The van der Waals surface area contributed by atoms with Gasteiger partial charge in [0.15, 0.2) is 11.0 Å². The van der Waals surface area contributed by atoms with Crippen LogP contribution in [0.15, 0.2) is 59.8 Å². The third kappa shape index (κ3) is 3.47. The van der Waals surface area contributed by atoms with Crippen molar-refractivity contribution in [3.63, 3.8) is 0 Å². The van der Waals surface area contributed by atoms with Crippen molar-refractivity contribution in [3.05, 3.63) is 66.0 Å². The van der Waals surface area contributed by atoms with Gasteiger partial charge in [-0.25, -0.2) is 4.39 Å². The summed E-state index contributed by atoms with van der Waals surface area (Å²) in [4.78, 5) is 0. The van der Waals surface area contributed by atoms with E-state index in [9.17, 15) is 4.39 Å². The number of aromatic nitrogens is 3. The summed E-state index contributed by atoms with van der Waals surface area (Å²) in [5.74, 6) is 0.119. The average Bonchev–Trinajstić information content (AvgIpc) is 2.98. The maximum absolute atomic E-state index is 14.2. The summed E-state index contributed by atoms with van der Waals surface area (Å²) in [5, 5.41) is 17.7. The van der Waals surface area contributed by atoms with Crippen LogP contribution in [0.25, 0.3) is 11.4 Å². The topological polar surface area (TPSA) is 54.5 Å². The Morgan fingerprint density at radius 1 is 1.12 bits per heavy atom. The monoisotopic (exact) mass is 338 g/mol. The summed E-state index contributed by atoms with van der Waals surface area (Å²) < 4.78 is 16.0. The molecule has 0 spiro atoms. The minimum absolute atomic E-state index is 0.266. The van der Waals surface area contributed by atoms with Crippen molar-refractivity contribution < 1.29 is 4.39 Å². The minimum atomic E-state index is -0.343. The first-order valence-corrected chi connectivity index (χ1v) is 8.35. The summed E-state index contributed by atoms with van der Waals surface area (Å²) in [5.41, 5.74) is 1.46. The molecule has 6 heteroatoms. The smallest absolute Gasteiger partial charge is 0.193 e. The molecular weight excluding hydrogens is 323 g/mol. The SMILES string of the molecule is C[C@H](C#N)Sc1nnc(-c2ccccc2F)n1Cc1ccccc1. The second-order valence-corrected chi connectivity index (χ2v) is 6.55. The molecule has 0 fully saturated rings. The van der Waals surface area contributed by atoms with E-state index in [0.29, 0.717) is 23.1 Å². The molecule has 120 valence electrons. The van der Waals surface area contributed by atoms with Crippen molar-refractivity contribution >= 4 is 11.8 Å². The van der Waals surface area contributed by atoms with Gasteiger partial charge in [-0.05, 0) is 24.6 Å². The van der Waals surface area contributed by atoms with Crippen LogP contribution in [-0.2, 0) is 6.54 Å². The number of rotatable bonds is 5. The highest BCUT2D eigenvalue weighted by atomic mass is 32.2. The number of halogens is 1. The van der Waals surface area contributed by atoms with Crippen LogP contribution < -0.4 is 0 Å². The first-order chi connectivity index (χ1) is 11.7. The van der Waals surface area contributed by atoms with Gasteiger partial charge < -0.3 is 0 Å². The molecule has 0 amide bonds. The lowest BCUT2D eigenvalue weighted by Crippen LogP contribution is -2.06. The number of hydrogen-bond donors (Lipinski definition) is 0. The Labute approximate surface area is 144 Å². The molecule has 0 unspecified atom stereocenters. The number of benzene rings is 2. The van der Waals surface area contributed by atoms with Crippen molar-refractivity contribution in [2.24, 2.45) is 0 Å². The van der Waals surface area contributed by atoms with Crippen molar-refractivity contribution in [3.8, 4) is 17.5 Å². The van der Waals surface area contributed by atoms with E-state index in [1.807, 2.05) is 34.9 Å². The molecule has 0 aliphatic rings. The third-order valence-electron chi connectivity index (χ3n) is 3.48. The second-order valence-electron chi connectivity index (χ2n) is 5.25. The van der Waals surface area contributed by atoms with Crippen LogP contribution in [0.2, 0.25) is 0 Å². The fourth-order valence-corrected chi connectivity index (χ4v) is 3.05. The molecule has 4 nitrogen and oxygen atoms in total. The van der Waals surface area contributed by atoms with Crippen molar-refractivity contribution in [1.82, 2.24) is 14.8 Å². The van der Waals surface area contributed by atoms with Gasteiger partial charge in [-0.1, -0.05) is 54.2 Å². The van der Waals surface area contributed by atoms with Gasteiger partial charge in [0.25, 0.3) is 0 Å². The lowest BCUT2D eigenvalue weighted by atomic mass is 10.2. The first kappa shape index (κ1) is 16.2. The normalized spacial score (nSPS) is 11.9. The largest absolute Gasteiger partial charge is 0.297 e. The molecule has 3 aromatic rings. The van der Waals surface area contributed by atoms with Gasteiger partial charge in [0.1, 0.15) is 5.82 Å². The van der Waals surface area contributed by atoms with Crippen LogP contribution in [0.3, 0.4) is 0 Å². The number of hydrogen-bond acceptors (Lipinski definition) is 4. The van der Waals surface area contributed by atoms with Gasteiger partial charge in [0.05, 0.1) is 23.4 Å². The Bertz CT molecular complexity index is 870. The zero-order valence-corrected chi connectivity index (χ0v) is 13.9. The van der Waals surface area contributed by atoms with E-state index in [2.05, 4.69) is 16.3 Å². The molecule has 0 radical (unpaired) electrons. The average molecular weight is 338 g/mol. The van der Waals surface area contributed by atoms with Gasteiger partial charge in [0.2, 0.25) is 0 Å². The van der Waals surface area contributed by atoms with Crippen molar-refractivity contribution in [1.29, 1.82) is 5.26 Å². The van der Waals surface area contributed by atoms with E-state index < -0.39 is 0 Å². The molecule has 0 bridgehead atoms. The highest BCUT2D eigenvalue weighted by Gasteiger charge is 2.19. The quantitative estimate of drug-likeness (QED) is 0.656. The molecule has 0 saturated heterocycles. The van der Waals surface area contributed by atoms with Crippen molar-refractivity contribution in [2.75, 3.05) is 0 Å². The number of nitriles is 1. The van der Waals surface area contributed by atoms with Crippen LogP contribution in [0.5, 0.6) is 0 Å². The number of nitrogens with zero attached hydrogens (tertiary/aromatic N) is 4. The third-order valence-corrected chi connectivity index (χ3v) is 4.45. The van der Waals surface area contributed by atoms with Gasteiger partial charge in [0, 0.05) is 0 Å². The second kappa shape index (κ2) is 7.28. The fourth-order valence-electron chi connectivity index (χ4n) is 2.31. The Hall–Kier alpha value is -2.65. The van der Waals surface area contributed by atoms with E-state index in [-0.39, 0.29) is 11.1 Å². The summed E-state index contributed by atoms with van der Waals surface area (Å²) in [6.45, 7) is 2.31. The fraction of sp³-hybridized carbons (Fsp3) is 0.167. The zero-order chi connectivity index (χ0) is 16.9. The van der Waals surface area contributed by atoms with Crippen LogP contribution in [-0.4, -0.2) is 20.0 Å². The van der Waals surface area contributed by atoms with Crippen LogP contribution in [0.1, 0.15) is 12.5 Å². The summed E-state index contributed by atoms with van der Waals surface area (Å²) in [6.07, 6.45) is 0. The van der Waals surface area contributed by atoms with Gasteiger partial charge in [-0.2, -0.15) is 5.26 Å². The molecule has 3 rings (SSSR count). The maximum Gasteiger partial charge on any atom is 0.193 e. The zero-order valence-electron chi connectivity index (χ0n) is 13.1. The lowest BCUT2D eigenvalue weighted by Gasteiger charge is -2.11. The maximum atomic E-state index is 14.2. The lowest BCUT2D eigenvalue weighted by molar-refractivity contribution is 0.626. The highest BCUT2D eigenvalue weighted by Crippen LogP contribution is 2.28. The molecule has 0 aliphatic heterocycles. The standard InChI is InChI=1S/C18H15FN4S/c1-13(11-20)24-18-22-21-17(15-9-5-6-10-16(15)19)23(18)12-14-7-3-2-4-8-14/h2-10,13H,12H2,1H3/t13-/m1/s1. The van der Waals surface area contributed by atoms with E-state index in [0.717, 1.165) is 5.56 Å². The predicted molar refractivity (Wildman–Crippen MR) is 91.9 cm³/mol. The van der Waals surface area contributed by atoms with Crippen LogP contribution in [0.4, 0.5) is 4.39 Å². The van der Waals surface area contributed by atoms with Gasteiger partial charge in [-0.3, -0.25) is 4.57 Å². The molecule has 24 heavy (non-hydrogen) atoms. The van der Waals surface area contributed by atoms with E-state index >= 15 is 0 Å². The van der Waals surface area contributed by atoms with Crippen LogP contribution in [0, 0.1) is 17.1 Å². The molecule has 2 aromatic carbocycles. The van der Waals surface area contributed by atoms with Crippen molar-refractivity contribution in [2.45, 2.75) is 23.9 Å². The Kier molecular flexibility index (Phi) is 4.92. The van der Waals surface area contributed by atoms with Gasteiger partial charge >= 0.3 is 0 Å². The Morgan fingerprint density at radius 3 is 2.54 bits per heavy atom. The molecular formula is C18H15FN4S. The Morgan fingerprint density at radius 2 is 1.83 bits per heavy atom. The number of thioether (sulfide) groups is 1. The summed E-state index contributed by atoms with van der Waals surface area (Å²) >= 11 is 1.32. The van der Waals surface area contributed by atoms with E-state index in [1.165, 1.54) is 17.8 Å². The van der Waals surface area contributed by atoms with Crippen LogP contribution >= 0.6 is 11.8 Å².